The first-order valence-corrected chi connectivity index (χ1v) is 7.56. The molecule has 2 unspecified atom stereocenters. The molecule has 3 N–H and O–H groups in total. The van der Waals surface area contributed by atoms with Crippen molar-refractivity contribution in [2.75, 3.05) is 11.9 Å². The third kappa shape index (κ3) is 4.05. The number of anilines is 1. The molecule has 8 heteroatoms. The molecule has 2 atom stereocenters. The Labute approximate surface area is 137 Å². The number of carbonyl (C=O) groups is 2. The van der Waals surface area contributed by atoms with E-state index < -0.39 is 29.0 Å². The van der Waals surface area contributed by atoms with Crippen molar-refractivity contribution in [2.45, 2.75) is 38.4 Å². The van der Waals surface area contributed by atoms with E-state index in [9.17, 15) is 27.9 Å². The third-order valence-corrected chi connectivity index (χ3v) is 4.40. The van der Waals surface area contributed by atoms with Gasteiger partial charge in [-0.3, -0.25) is 9.59 Å². The van der Waals surface area contributed by atoms with E-state index >= 15 is 0 Å². The summed E-state index contributed by atoms with van der Waals surface area (Å²) in [6, 6.07) is 3.71. The highest BCUT2D eigenvalue weighted by Crippen LogP contribution is 2.37. The van der Waals surface area contributed by atoms with Gasteiger partial charge in [-0.15, -0.1) is 0 Å². The van der Waals surface area contributed by atoms with Gasteiger partial charge < -0.3 is 15.7 Å². The van der Waals surface area contributed by atoms with Crippen molar-refractivity contribution in [3.05, 3.63) is 29.8 Å². The lowest BCUT2D eigenvalue weighted by Crippen LogP contribution is -2.48. The number of benzene rings is 1. The van der Waals surface area contributed by atoms with Crippen LogP contribution < -0.4 is 10.6 Å². The lowest BCUT2D eigenvalue weighted by Gasteiger charge is -2.29. The van der Waals surface area contributed by atoms with E-state index in [4.69, 9.17) is 0 Å². The maximum atomic E-state index is 12.6. The highest BCUT2D eigenvalue weighted by molar-refractivity contribution is 6.39. The van der Waals surface area contributed by atoms with E-state index in [1.165, 1.54) is 6.07 Å². The van der Waals surface area contributed by atoms with Crippen LogP contribution >= 0.6 is 0 Å². The third-order valence-electron chi connectivity index (χ3n) is 4.40. The van der Waals surface area contributed by atoms with E-state index in [1.807, 2.05) is 6.92 Å². The fourth-order valence-electron chi connectivity index (χ4n) is 2.85. The number of amides is 2. The predicted molar refractivity (Wildman–Crippen MR) is 81.0 cm³/mol. The summed E-state index contributed by atoms with van der Waals surface area (Å²) in [4.78, 5) is 23.9. The molecule has 1 aliphatic carbocycles. The number of hydrogen-bond acceptors (Lipinski definition) is 3. The zero-order chi connectivity index (χ0) is 18.0. The zero-order valence-corrected chi connectivity index (χ0v) is 13.1. The number of aliphatic hydroxyl groups excluding tert-OH is 1. The van der Waals surface area contributed by atoms with Crippen LogP contribution in [0.1, 0.15) is 31.7 Å². The first-order valence-electron chi connectivity index (χ1n) is 7.56. The second-order valence-corrected chi connectivity index (χ2v) is 6.26. The second-order valence-electron chi connectivity index (χ2n) is 6.26. The van der Waals surface area contributed by atoms with Gasteiger partial charge in [0, 0.05) is 17.1 Å². The van der Waals surface area contributed by atoms with Gasteiger partial charge in [0.25, 0.3) is 0 Å². The van der Waals surface area contributed by atoms with Crippen molar-refractivity contribution < 1.29 is 27.9 Å². The number of alkyl halides is 3. The molecule has 1 aromatic carbocycles. The zero-order valence-electron chi connectivity index (χ0n) is 13.1. The topological polar surface area (TPSA) is 78.4 Å². The first-order chi connectivity index (χ1) is 11.2. The quantitative estimate of drug-likeness (QED) is 0.737. The Morgan fingerprint density at radius 1 is 1.33 bits per heavy atom. The van der Waals surface area contributed by atoms with Crippen LogP contribution in [0.5, 0.6) is 0 Å². The number of rotatable bonds is 3. The summed E-state index contributed by atoms with van der Waals surface area (Å²) in [6.07, 6.45) is -2.35. The average Bonchev–Trinajstić information content (AvgIpc) is 2.88. The number of halogens is 3. The van der Waals surface area contributed by atoms with E-state index in [1.54, 1.807) is 0 Å². The van der Waals surface area contributed by atoms with E-state index in [0.29, 0.717) is 6.42 Å². The minimum absolute atomic E-state index is 0.110. The fourth-order valence-corrected chi connectivity index (χ4v) is 2.85. The fraction of sp³-hybridized carbons (Fsp3) is 0.500. The molecule has 24 heavy (non-hydrogen) atoms. The van der Waals surface area contributed by atoms with Gasteiger partial charge in [-0.2, -0.15) is 13.2 Å². The van der Waals surface area contributed by atoms with Crippen molar-refractivity contribution in [3.8, 4) is 0 Å². The van der Waals surface area contributed by atoms with E-state index in [0.717, 1.165) is 31.0 Å². The Balaban J connectivity index is 2.01. The minimum Gasteiger partial charge on any atom is -0.396 e. The molecule has 132 valence electrons. The molecule has 5 nitrogen and oxygen atoms in total. The maximum Gasteiger partial charge on any atom is 0.416 e. The van der Waals surface area contributed by atoms with Crippen molar-refractivity contribution in [1.29, 1.82) is 0 Å². The van der Waals surface area contributed by atoms with Crippen molar-refractivity contribution in [3.63, 3.8) is 0 Å². The summed E-state index contributed by atoms with van der Waals surface area (Å²) in [5, 5.41) is 14.1. The van der Waals surface area contributed by atoms with Crippen LogP contribution in [-0.4, -0.2) is 29.6 Å². The largest absolute Gasteiger partial charge is 0.416 e. The molecule has 0 saturated heterocycles. The molecule has 1 aliphatic rings. The van der Waals surface area contributed by atoms with Gasteiger partial charge in [-0.25, -0.2) is 0 Å². The first kappa shape index (κ1) is 18.3. The summed E-state index contributed by atoms with van der Waals surface area (Å²) in [5.41, 5.74) is -1.52. The molecule has 0 heterocycles. The Bertz CT molecular complexity index is 633. The van der Waals surface area contributed by atoms with Crippen LogP contribution in [0.4, 0.5) is 18.9 Å². The lowest BCUT2D eigenvalue weighted by molar-refractivity contribution is -0.137. The highest BCUT2D eigenvalue weighted by Gasteiger charge is 2.40. The lowest BCUT2D eigenvalue weighted by atomic mass is 9.86. The minimum atomic E-state index is -4.53. The van der Waals surface area contributed by atoms with Crippen molar-refractivity contribution in [2.24, 2.45) is 5.41 Å². The molecule has 2 amide bonds. The summed E-state index contributed by atoms with van der Waals surface area (Å²) >= 11 is 0. The van der Waals surface area contributed by atoms with E-state index in [-0.39, 0.29) is 18.3 Å². The van der Waals surface area contributed by atoms with Gasteiger partial charge in [0.05, 0.1) is 12.2 Å². The smallest absolute Gasteiger partial charge is 0.396 e. The van der Waals surface area contributed by atoms with Gasteiger partial charge in [0.2, 0.25) is 0 Å². The van der Waals surface area contributed by atoms with Crippen molar-refractivity contribution in [1.82, 2.24) is 5.32 Å². The van der Waals surface area contributed by atoms with Gasteiger partial charge >= 0.3 is 18.0 Å². The highest BCUT2D eigenvalue weighted by atomic mass is 19.4. The van der Waals surface area contributed by atoms with Crippen LogP contribution in [0, 0.1) is 5.41 Å². The van der Waals surface area contributed by atoms with Crippen LogP contribution in [0.25, 0.3) is 0 Å². The van der Waals surface area contributed by atoms with Crippen LogP contribution in [0.15, 0.2) is 24.3 Å². The van der Waals surface area contributed by atoms with Crippen LogP contribution in [-0.2, 0) is 15.8 Å². The Kier molecular flexibility index (Phi) is 5.17. The standard InChI is InChI=1S/C16H19F3N2O3/c1-15(9-22)7-3-6-12(15)21-14(24)13(23)20-11-5-2-4-10(8-11)16(17,18)19/h2,4-5,8,12,22H,3,6-7,9H2,1H3,(H,20,23)(H,21,24). The van der Waals surface area contributed by atoms with E-state index in [2.05, 4.69) is 10.6 Å². The summed E-state index contributed by atoms with van der Waals surface area (Å²) in [6.45, 7) is 1.70. The normalized spacial score (nSPS) is 23.8. The molecular formula is C16H19F3N2O3. The van der Waals surface area contributed by atoms with Crippen LogP contribution in [0.2, 0.25) is 0 Å². The molecule has 2 rings (SSSR count). The SMILES string of the molecule is CC1(CO)CCCC1NC(=O)C(=O)Nc1cccc(C(F)(F)F)c1. The summed E-state index contributed by atoms with van der Waals surface area (Å²) in [5.74, 6) is -1.97. The summed E-state index contributed by atoms with van der Waals surface area (Å²) < 4.78 is 37.9. The number of hydrogen-bond donors (Lipinski definition) is 3. The molecule has 1 aromatic rings. The Morgan fingerprint density at radius 3 is 2.67 bits per heavy atom. The van der Waals surface area contributed by atoms with Gasteiger partial charge in [-0.1, -0.05) is 19.4 Å². The molecule has 1 fully saturated rings. The molecular weight excluding hydrogens is 325 g/mol. The predicted octanol–water partition coefficient (Wildman–Crippen LogP) is 2.31. The molecule has 0 spiro atoms. The van der Waals surface area contributed by atoms with Crippen molar-refractivity contribution >= 4 is 17.5 Å². The molecule has 0 bridgehead atoms. The molecule has 0 aliphatic heterocycles. The summed E-state index contributed by atoms with van der Waals surface area (Å²) in [7, 11) is 0. The Hall–Kier alpha value is -2.09. The Morgan fingerprint density at radius 2 is 2.04 bits per heavy atom. The molecule has 1 saturated carbocycles. The van der Waals surface area contributed by atoms with Crippen LogP contribution in [0.3, 0.4) is 0 Å². The van der Waals surface area contributed by atoms with Gasteiger partial charge in [0.1, 0.15) is 0 Å². The second kappa shape index (κ2) is 6.80. The van der Waals surface area contributed by atoms with Gasteiger partial charge in [-0.05, 0) is 31.0 Å². The average molecular weight is 344 g/mol. The number of nitrogens with one attached hydrogen (secondary N) is 2. The number of carbonyl (C=O) groups excluding carboxylic acids is 2. The van der Waals surface area contributed by atoms with Gasteiger partial charge in [0.15, 0.2) is 0 Å². The monoisotopic (exact) mass is 344 g/mol. The number of aliphatic hydroxyl groups is 1. The molecule has 0 aromatic heterocycles. The molecule has 0 radical (unpaired) electrons. The maximum absolute atomic E-state index is 12.6.